The van der Waals surface area contributed by atoms with Crippen LogP contribution in [0.3, 0.4) is 0 Å². The molecular formula is C31H26FN3O4. The van der Waals surface area contributed by atoms with E-state index in [4.69, 9.17) is 4.74 Å². The van der Waals surface area contributed by atoms with E-state index in [-0.39, 0.29) is 11.6 Å². The number of halogens is 1. The van der Waals surface area contributed by atoms with Gasteiger partial charge in [0, 0.05) is 5.39 Å². The maximum absolute atomic E-state index is 14.8. The maximum atomic E-state index is 14.8. The summed E-state index contributed by atoms with van der Waals surface area (Å²) in [4.78, 5) is 28.5. The number of aliphatic hydroxyl groups excluding tert-OH is 1. The van der Waals surface area contributed by atoms with Gasteiger partial charge in [-0.1, -0.05) is 72.8 Å². The maximum Gasteiger partial charge on any atom is 0.254 e. The lowest BCUT2D eigenvalue weighted by molar-refractivity contribution is -0.123. The molecule has 8 heteroatoms. The molecule has 2 N–H and O–H groups in total. The predicted octanol–water partition coefficient (Wildman–Crippen LogP) is 4.85. The highest BCUT2D eigenvalue weighted by atomic mass is 19.1. The standard InChI is InChI=1S/C31H26FN3O4/c1-39-27-18-16-22(20-11-5-6-12-21(20)27)29(36)26-17-15-23-28(35(26)33-25-14-8-7-13-24(25)32)31(38)34(30(23)37)19-9-3-2-4-10-19/h2-18,23,26,28-29,33,36H,1H3. The van der Waals surface area contributed by atoms with Crippen LogP contribution in [-0.2, 0) is 9.59 Å². The lowest BCUT2D eigenvalue weighted by Crippen LogP contribution is -2.55. The minimum atomic E-state index is -1.13. The molecule has 2 aliphatic heterocycles. The molecule has 0 spiro atoms. The van der Waals surface area contributed by atoms with Crippen LogP contribution >= 0.6 is 0 Å². The Morgan fingerprint density at radius 1 is 0.846 bits per heavy atom. The van der Waals surface area contributed by atoms with E-state index in [1.807, 2.05) is 24.3 Å². The Kier molecular flexibility index (Phi) is 6.34. The fourth-order valence-electron chi connectivity index (χ4n) is 5.51. The van der Waals surface area contributed by atoms with E-state index in [9.17, 15) is 19.1 Å². The van der Waals surface area contributed by atoms with E-state index in [1.54, 1.807) is 79.9 Å². The molecule has 0 aliphatic carbocycles. The topological polar surface area (TPSA) is 82.1 Å². The van der Waals surface area contributed by atoms with Gasteiger partial charge in [0.15, 0.2) is 0 Å². The Morgan fingerprint density at radius 3 is 2.28 bits per heavy atom. The molecule has 39 heavy (non-hydrogen) atoms. The third-order valence-corrected chi connectivity index (χ3v) is 7.37. The first-order valence-corrected chi connectivity index (χ1v) is 12.6. The number of benzene rings is 4. The first-order valence-electron chi connectivity index (χ1n) is 12.6. The number of ether oxygens (including phenoxy) is 1. The number of hydrazine groups is 1. The number of hydrogen-bond acceptors (Lipinski definition) is 6. The number of imide groups is 1. The Labute approximate surface area is 224 Å². The van der Waals surface area contributed by atoms with Crippen molar-refractivity contribution in [2.24, 2.45) is 5.92 Å². The number of hydrogen-bond donors (Lipinski definition) is 2. The highest BCUT2D eigenvalue weighted by Gasteiger charge is 2.54. The predicted molar refractivity (Wildman–Crippen MR) is 146 cm³/mol. The second-order valence-electron chi connectivity index (χ2n) is 9.54. The normalized spacial score (nSPS) is 21.7. The van der Waals surface area contributed by atoms with E-state index >= 15 is 0 Å². The Morgan fingerprint density at radius 2 is 1.54 bits per heavy atom. The van der Waals surface area contributed by atoms with Gasteiger partial charge in [-0.2, -0.15) is 0 Å². The van der Waals surface area contributed by atoms with Crippen LogP contribution in [-0.4, -0.2) is 41.1 Å². The smallest absolute Gasteiger partial charge is 0.254 e. The molecule has 6 rings (SSSR count). The molecule has 0 radical (unpaired) electrons. The second kappa shape index (κ2) is 9.98. The molecule has 0 aromatic heterocycles. The van der Waals surface area contributed by atoms with Crippen molar-refractivity contribution in [3.8, 4) is 5.75 Å². The zero-order chi connectivity index (χ0) is 27.1. The van der Waals surface area contributed by atoms with Gasteiger partial charge < -0.3 is 15.3 Å². The van der Waals surface area contributed by atoms with Gasteiger partial charge in [-0.05, 0) is 41.3 Å². The molecule has 1 fully saturated rings. The molecule has 196 valence electrons. The van der Waals surface area contributed by atoms with E-state index in [0.29, 0.717) is 17.0 Å². The van der Waals surface area contributed by atoms with E-state index in [2.05, 4.69) is 5.43 Å². The fourth-order valence-corrected chi connectivity index (χ4v) is 5.51. The average molecular weight is 524 g/mol. The molecule has 2 heterocycles. The molecule has 4 aromatic rings. The van der Waals surface area contributed by atoms with E-state index in [1.165, 1.54) is 11.1 Å². The Balaban J connectivity index is 1.45. The summed E-state index contributed by atoms with van der Waals surface area (Å²) >= 11 is 0. The molecule has 0 bridgehead atoms. The van der Waals surface area contributed by atoms with Crippen molar-refractivity contribution in [2.45, 2.75) is 18.2 Å². The Hall–Kier alpha value is -4.53. The van der Waals surface area contributed by atoms with Crippen LogP contribution < -0.4 is 15.1 Å². The summed E-state index contributed by atoms with van der Waals surface area (Å²) in [5, 5.41) is 14.9. The molecular weight excluding hydrogens is 497 g/mol. The largest absolute Gasteiger partial charge is 0.496 e. The number of rotatable bonds is 6. The van der Waals surface area contributed by atoms with Crippen LogP contribution in [0.5, 0.6) is 5.75 Å². The van der Waals surface area contributed by atoms with Gasteiger partial charge in [0.05, 0.1) is 30.4 Å². The molecule has 4 atom stereocenters. The zero-order valence-electron chi connectivity index (χ0n) is 21.1. The summed E-state index contributed by atoms with van der Waals surface area (Å²) in [6.45, 7) is 0. The quantitative estimate of drug-likeness (QED) is 0.278. The third-order valence-electron chi connectivity index (χ3n) is 7.37. The van der Waals surface area contributed by atoms with Crippen molar-refractivity contribution in [1.82, 2.24) is 5.01 Å². The van der Waals surface area contributed by atoms with Crippen molar-refractivity contribution in [2.75, 3.05) is 17.4 Å². The summed E-state index contributed by atoms with van der Waals surface area (Å²) in [5.41, 5.74) is 4.23. The summed E-state index contributed by atoms with van der Waals surface area (Å²) in [5.74, 6) is -1.51. The first kappa shape index (κ1) is 24.8. The van der Waals surface area contributed by atoms with Crippen LogP contribution in [0.2, 0.25) is 0 Å². The molecule has 4 aromatic carbocycles. The monoisotopic (exact) mass is 523 g/mol. The first-order chi connectivity index (χ1) is 19.0. The molecule has 2 aliphatic rings. The molecule has 4 unspecified atom stereocenters. The summed E-state index contributed by atoms with van der Waals surface area (Å²) in [6.07, 6.45) is 2.25. The van der Waals surface area contributed by atoms with Gasteiger partial charge in [-0.25, -0.2) is 14.3 Å². The van der Waals surface area contributed by atoms with Gasteiger partial charge in [0.25, 0.3) is 5.91 Å². The summed E-state index contributed by atoms with van der Waals surface area (Å²) < 4.78 is 20.3. The molecule has 7 nitrogen and oxygen atoms in total. The zero-order valence-corrected chi connectivity index (χ0v) is 21.1. The number of anilines is 2. The number of carbonyl (C=O) groups is 2. The summed E-state index contributed by atoms with van der Waals surface area (Å²) in [7, 11) is 1.59. The van der Waals surface area contributed by atoms with Crippen molar-refractivity contribution in [1.29, 1.82) is 0 Å². The van der Waals surface area contributed by atoms with Gasteiger partial charge >= 0.3 is 0 Å². The lowest BCUT2D eigenvalue weighted by Gasteiger charge is -2.41. The number of amides is 2. The minimum absolute atomic E-state index is 0.127. The van der Waals surface area contributed by atoms with Gasteiger partial charge in [0.1, 0.15) is 23.7 Å². The minimum Gasteiger partial charge on any atom is -0.496 e. The number of carbonyl (C=O) groups excluding carboxylic acids is 2. The second-order valence-corrected chi connectivity index (χ2v) is 9.54. The number of nitrogens with one attached hydrogen (secondary N) is 1. The fraction of sp³-hybridized carbons (Fsp3) is 0.161. The SMILES string of the molecule is COc1ccc(C(O)C2C=CC3C(=O)N(c4ccccc4)C(=O)C3N2Nc2ccccc2F)c2ccccc12. The van der Waals surface area contributed by atoms with Gasteiger partial charge in [-0.3, -0.25) is 9.59 Å². The summed E-state index contributed by atoms with van der Waals surface area (Å²) in [6, 6.07) is 24.1. The van der Waals surface area contributed by atoms with Crippen molar-refractivity contribution in [3.63, 3.8) is 0 Å². The lowest BCUT2D eigenvalue weighted by atomic mass is 9.89. The van der Waals surface area contributed by atoms with Crippen molar-refractivity contribution < 1.29 is 23.8 Å². The highest BCUT2D eigenvalue weighted by Crippen LogP contribution is 2.40. The Bertz CT molecular complexity index is 1590. The number of nitrogens with zero attached hydrogens (tertiary/aromatic N) is 2. The van der Waals surface area contributed by atoms with Crippen molar-refractivity contribution >= 4 is 34.0 Å². The van der Waals surface area contributed by atoms with Crippen LogP contribution in [0.15, 0.2) is 103 Å². The van der Waals surface area contributed by atoms with Gasteiger partial charge in [-0.15, -0.1) is 0 Å². The molecule has 0 saturated carbocycles. The van der Waals surface area contributed by atoms with Crippen molar-refractivity contribution in [3.05, 3.63) is 115 Å². The van der Waals surface area contributed by atoms with Crippen LogP contribution in [0.1, 0.15) is 11.7 Å². The van der Waals surface area contributed by atoms with E-state index in [0.717, 1.165) is 15.7 Å². The van der Waals surface area contributed by atoms with E-state index < -0.39 is 35.8 Å². The van der Waals surface area contributed by atoms with Crippen LogP contribution in [0.4, 0.5) is 15.8 Å². The third kappa shape index (κ3) is 4.14. The van der Waals surface area contributed by atoms with Crippen LogP contribution in [0, 0.1) is 11.7 Å². The number of fused-ring (bicyclic) bond motifs is 2. The highest BCUT2D eigenvalue weighted by molar-refractivity contribution is 6.24. The number of methoxy groups -OCH3 is 1. The number of para-hydroxylation sites is 2. The van der Waals surface area contributed by atoms with Gasteiger partial charge in [0.2, 0.25) is 5.91 Å². The van der Waals surface area contributed by atoms with Crippen LogP contribution in [0.25, 0.3) is 10.8 Å². The average Bonchev–Trinajstić information content (AvgIpc) is 3.23. The molecule has 2 amide bonds. The number of aliphatic hydroxyl groups is 1. The molecule has 1 saturated heterocycles.